The van der Waals surface area contributed by atoms with E-state index in [9.17, 15) is 0 Å². The van der Waals surface area contributed by atoms with Gasteiger partial charge >= 0.3 is 0 Å². The normalized spacial score (nSPS) is 21.9. The van der Waals surface area contributed by atoms with Crippen molar-refractivity contribution < 1.29 is 9.47 Å². The molecule has 0 spiro atoms. The van der Waals surface area contributed by atoms with Crippen molar-refractivity contribution in [2.75, 3.05) is 59.1 Å². The summed E-state index contributed by atoms with van der Waals surface area (Å²) in [6.45, 7) is 13.2. The Morgan fingerprint density at radius 2 is 2.00 bits per heavy atom. The lowest BCUT2D eigenvalue weighted by Crippen LogP contribution is -2.39. The summed E-state index contributed by atoms with van der Waals surface area (Å²) in [6.07, 6.45) is 7.45. The lowest BCUT2D eigenvalue weighted by atomic mass is 9.97. The molecule has 2 fully saturated rings. The molecule has 0 amide bonds. The van der Waals surface area contributed by atoms with E-state index in [2.05, 4.69) is 29.4 Å². The van der Waals surface area contributed by atoms with Gasteiger partial charge in [0.2, 0.25) is 0 Å². The molecule has 1 unspecified atom stereocenters. The summed E-state index contributed by atoms with van der Waals surface area (Å²) in [4.78, 5) is 7.39. The zero-order valence-electron chi connectivity index (χ0n) is 17.4. The average Bonchev–Trinajstić information content (AvgIpc) is 3.17. The van der Waals surface area contributed by atoms with Crippen molar-refractivity contribution in [1.82, 2.24) is 15.5 Å². The summed E-state index contributed by atoms with van der Waals surface area (Å²) in [5.41, 5.74) is 0. The van der Waals surface area contributed by atoms with Crippen molar-refractivity contribution in [2.24, 2.45) is 10.9 Å². The molecule has 6 nitrogen and oxygen atoms in total. The van der Waals surface area contributed by atoms with Gasteiger partial charge in [0.05, 0.1) is 12.7 Å². The first-order valence-corrected chi connectivity index (χ1v) is 10.8. The predicted octanol–water partition coefficient (Wildman–Crippen LogP) is 2.87. The van der Waals surface area contributed by atoms with E-state index in [0.717, 1.165) is 64.2 Å². The van der Waals surface area contributed by atoms with Crippen LogP contribution in [0.5, 0.6) is 0 Å². The monoisotopic (exact) mass is 496 g/mol. The number of nitrogens with one attached hydrogen (secondary N) is 2. The number of guanidine groups is 1. The number of ether oxygens (including phenoxy) is 2. The van der Waals surface area contributed by atoms with Crippen LogP contribution in [0, 0.1) is 5.92 Å². The van der Waals surface area contributed by atoms with Gasteiger partial charge in [0, 0.05) is 32.8 Å². The third-order valence-electron chi connectivity index (χ3n) is 5.18. The first kappa shape index (κ1) is 24.9. The van der Waals surface area contributed by atoms with Gasteiger partial charge in [-0.05, 0) is 71.0 Å². The molecule has 7 heteroatoms. The van der Waals surface area contributed by atoms with Crippen LogP contribution in [-0.4, -0.2) is 76.1 Å². The number of hydrogen-bond acceptors (Lipinski definition) is 4. The SMILES string of the molecule is CCCN1CCC(CN=C(NCC)NCCCOCC2CCCO2)CC1.I. The van der Waals surface area contributed by atoms with Crippen LogP contribution in [0.3, 0.4) is 0 Å². The Bertz CT molecular complexity index is 384. The summed E-state index contributed by atoms with van der Waals surface area (Å²) < 4.78 is 11.3. The largest absolute Gasteiger partial charge is 0.379 e. The van der Waals surface area contributed by atoms with Crippen molar-refractivity contribution in [3.05, 3.63) is 0 Å². The number of nitrogens with zero attached hydrogens (tertiary/aromatic N) is 2. The van der Waals surface area contributed by atoms with Crippen molar-refractivity contribution in [3.8, 4) is 0 Å². The Balaban J connectivity index is 0.00000364. The van der Waals surface area contributed by atoms with E-state index in [1.165, 1.54) is 45.3 Å². The van der Waals surface area contributed by atoms with Crippen molar-refractivity contribution >= 4 is 29.9 Å². The molecule has 2 aliphatic rings. The highest BCUT2D eigenvalue weighted by Gasteiger charge is 2.18. The smallest absolute Gasteiger partial charge is 0.191 e. The number of piperidine rings is 1. The quantitative estimate of drug-likeness (QED) is 0.200. The number of halogens is 1. The van der Waals surface area contributed by atoms with Crippen LogP contribution >= 0.6 is 24.0 Å². The molecule has 0 aliphatic carbocycles. The Labute approximate surface area is 183 Å². The predicted molar refractivity (Wildman–Crippen MR) is 123 cm³/mol. The molecular formula is C20H41IN4O2. The summed E-state index contributed by atoms with van der Waals surface area (Å²) in [5.74, 6) is 1.68. The van der Waals surface area contributed by atoms with E-state index in [-0.39, 0.29) is 24.0 Å². The minimum atomic E-state index is 0. The van der Waals surface area contributed by atoms with Gasteiger partial charge in [-0.15, -0.1) is 24.0 Å². The summed E-state index contributed by atoms with van der Waals surface area (Å²) in [7, 11) is 0. The molecular weight excluding hydrogens is 455 g/mol. The third kappa shape index (κ3) is 10.9. The third-order valence-corrected chi connectivity index (χ3v) is 5.18. The first-order valence-electron chi connectivity index (χ1n) is 10.8. The van der Waals surface area contributed by atoms with Crippen molar-refractivity contribution in [2.45, 2.75) is 58.5 Å². The molecule has 2 aliphatic heterocycles. The molecule has 160 valence electrons. The number of likely N-dealkylation sites (tertiary alicyclic amines) is 1. The molecule has 1 atom stereocenters. The maximum Gasteiger partial charge on any atom is 0.191 e. The Morgan fingerprint density at radius 3 is 2.67 bits per heavy atom. The molecule has 0 aromatic heterocycles. The van der Waals surface area contributed by atoms with E-state index in [1.54, 1.807) is 0 Å². The van der Waals surface area contributed by atoms with Crippen LogP contribution in [0.15, 0.2) is 4.99 Å². The topological polar surface area (TPSA) is 58.1 Å². The molecule has 2 saturated heterocycles. The zero-order valence-corrected chi connectivity index (χ0v) is 19.7. The summed E-state index contributed by atoms with van der Waals surface area (Å²) >= 11 is 0. The van der Waals surface area contributed by atoms with E-state index < -0.39 is 0 Å². The summed E-state index contributed by atoms with van der Waals surface area (Å²) in [5, 5.41) is 6.79. The minimum absolute atomic E-state index is 0. The van der Waals surface area contributed by atoms with Gasteiger partial charge in [-0.2, -0.15) is 0 Å². The van der Waals surface area contributed by atoms with E-state index in [0.29, 0.717) is 6.10 Å². The Morgan fingerprint density at radius 1 is 1.19 bits per heavy atom. The molecule has 2 rings (SSSR count). The molecule has 0 aromatic carbocycles. The molecule has 0 bridgehead atoms. The highest BCUT2D eigenvalue weighted by molar-refractivity contribution is 14.0. The van der Waals surface area contributed by atoms with E-state index >= 15 is 0 Å². The van der Waals surface area contributed by atoms with Crippen molar-refractivity contribution in [3.63, 3.8) is 0 Å². The van der Waals surface area contributed by atoms with E-state index in [1.807, 2.05) is 0 Å². The van der Waals surface area contributed by atoms with Gasteiger partial charge in [-0.3, -0.25) is 4.99 Å². The van der Waals surface area contributed by atoms with Crippen LogP contribution in [0.1, 0.15) is 52.4 Å². The molecule has 2 N–H and O–H groups in total. The van der Waals surface area contributed by atoms with Gasteiger partial charge in [0.15, 0.2) is 5.96 Å². The first-order chi connectivity index (χ1) is 12.8. The fraction of sp³-hybridized carbons (Fsp3) is 0.950. The number of aliphatic imine (C=N–C) groups is 1. The van der Waals surface area contributed by atoms with Crippen LogP contribution in [0.25, 0.3) is 0 Å². The minimum Gasteiger partial charge on any atom is -0.379 e. The van der Waals surface area contributed by atoms with Crippen LogP contribution in [0.2, 0.25) is 0 Å². The van der Waals surface area contributed by atoms with E-state index in [4.69, 9.17) is 14.5 Å². The fourth-order valence-electron chi connectivity index (χ4n) is 3.64. The van der Waals surface area contributed by atoms with Gasteiger partial charge in [0.25, 0.3) is 0 Å². The Kier molecular flexibility index (Phi) is 14.5. The Hall–Kier alpha value is -0.120. The lowest BCUT2D eigenvalue weighted by molar-refractivity contribution is 0.0168. The molecule has 2 heterocycles. The highest BCUT2D eigenvalue weighted by atomic mass is 127. The second kappa shape index (κ2) is 15.8. The molecule has 27 heavy (non-hydrogen) atoms. The molecule has 0 aromatic rings. The standard InChI is InChI=1S/C20H40N4O2.HI/c1-3-11-24-12-8-18(9-13-24)16-23-20(21-4-2)22-10-6-14-25-17-19-7-5-15-26-19;/h18-19H,3-17H2,1-2H3,(H2,21,22,23);1H. The maximum atomic E-state index is 5.71. The van der Waals surface area contributed by atoms with Gasteiger partial charge in [0.1, 0.15) is 0 Å². The second-order valence-electron chi connectivity index (χ2n) is 7.49. The molecule has 0 saturated carbocycles. The van der Waals surface area contributed by atoms with Crippen LogP contribution in [0.4, 0.5) is 0 Å². The number of rotatable bonds is 11. The summed E-state index contributed by atoms with van der Waals surface area (Å²) in [6, 6.07) is 0. The second-order valence-corrected chi connectivity index (χ2v) is 7.49. The fourth-order valence-corrected chi connectivity index (χ4v) is 3.64. The number of hydrogen-bond donors (Lipinski definition) is 2. The maximum absolute atomic E-state index is 5.71. The van der Waals surface area contributed by atoms with Crippen LogP contribution < -0.4 is 10.6 Å². The average molecular weight is 496 g/mol. The zero-order chi connectivity index (χ0) is 18.5. The lowest BCUT2D eigenvalue weighted by Gasteiger charge is -2.31. The van der Waals surface area contributed by atoms with Gasteiger partial charge in [-0.1, -0.05) is 6.92 Å². The highest BCUT2D eigenvalue weighted by Crippen LogP contribution is 2.17. The van der Waals surface area contributed by atoms with Gasteiger partial charge in [-0.25, -0.2) is 0 Å². The van der Waals surface area contributed by atoms with Crippen molar-refractivity contribution in [1.29, 1.82) is 0 Å². The molecule has 0 radical (unpaired) electrons. The van der Waals surface area contributed by atoms with Gasteiger partial charge < -0.3 is 25.0 Å². The van der Waals surface area contributed by atoms with Crippen LogP contribution in [-0.2, 0) is 9.47 Å².